The SMILES string of the molecule is CCOc1ccc(NC(=S)Nc2ccc(OCC)cc2)cc1.CCOc1ccccc1C[PH](c1ccccc1)(c1ccccc1)c1ccccc1. The van der Waals surface area contributed by atoms with Crippen molar-refractivity contribution in [1.82, 2.24) is 0 Å². The number of hydrogen-bond donors (Lipinski definition) is 2. The van der Waals surface area contributed by atoms with Gasteiger partial charge in [-0.3, -0.25) is 0 Å². The van der Waals surface area contributed by atoms with Crippen LogP contribution in [0.15, 0.2) is 164 Å². The molecule has 0 aliphatic rings. The Morgan fingerprint density at radius 2 is 0.843 bits per heavy atom. The summed E-state index contributed by atoms with van der Waals surface area (Å²) in [7, 11) is -2.31. The summed E-state index contributed by atoms with van der Waals surface area (Å²) >= 11 is 5.30. The molecular formula is C44H47N2O3PS. The molecule has 0 saturated carbocycles. The van der Waals surface area contributed by atoms with Crippen LogP contribution >= 0.6 is 19.5 Å². The van der Waals surface area contributed by atoms with E-state index in [-0.39, 0.29) is 0 Å². The molecule has 262 valence electrons. The minimum absolute atomic E-state index is 0.535. The molecule has 0 unspecified atom stereocenters. The van der Waals surface area contributed by atoms with Crippen molar-refractivity contribution in [3.8, 4) is 17.2 Å². The molecule has 0 spiro atoms. The molecule has 0 radical (unpaired) electrons. The standard InChI is InChI=1S/C27H27OP.C17H20N2O2S/c1-2-28-27-21-13-12-14-23(27)22-29(24-15-6-3-7-16-24,25-17-8-4-9-18-25)26-19-10-5-11-20-26;1-3-20-15-9-5-13(6-10-15)18-17(22)19-14-7-11-16(12-8-14)21-4-2/h3-21,29H,2,22H2,1H3;5-12H,3-4H2,1-2H3,(H2,18,19,22). The van der Waals surface area contributed by atoms with Crippen molar-refractivity contribution in [3.63, 3.8) is 0 Å². The third kappa shape index (κ3) is 10.2. The fourth-order valence-corrected chi connectivity index (χ4v) is 11.1. The van der Waals surface area contributed by atoms with Gasteiger partial charge in [0, 0.05) is 11.4 Å². The molecule has 6 rings (SSSR count). The first-order valence-corrected chi connectivity index (χ1v) is 20.1. The van der Waals surface area contributed by atoms with Crippen LogP contribution in [-0.4, -0.2) is 24.9 Å². The molecule has 0 aromatic heterocycles. The minimum atomic E-state index is -2.31. The molecule has 0 fully saturated rings. The predicted molar refractivity (Wildman–Crippen MR) is 223 cm³/mol. The fraction of sp³-hybridized carbons (Fsp3) is 0.159. The molecule has 7 heteroatoms. The van der Waals surface area contributed by atoms with E-state index >= 15 is 0 Å². The Labute approximate surface area is 309 Å². The van der Waals surface area contributed by atoms with E-state index in [4.69, 9.17) is 26.4 Å². The van der Waals surface area contributed by atoms with E-state index in [9.17, 15) is 0 Å². The first-order valence-electron chi connectivity index (χ1n) is 17.5. The van der Waals surface area contributed by atoms with Gasteiger partial charge in [0.25, 0.3) is 0 Å². The molecule has 0 saturated heterocycles. The Balaban J connectivity index is 0.000000206. The molecule has 51 heavy (non-hydrogen) atoms. The second-order valence-electron chi connectivity index (χ2n) is 11.7. The average molecular weight is 715 g/mol. The molecule has 0 bridgehead atoms. The number of anilines is 2. The van der Waals surface area contributed by atoms with Crippen LogP contribution in [-0.2, 0) is 6.16 Å². The van der Waals surface area contributed by atoms with Crippen LogP contribution in [0.4, 0.5) is 11.4 Å². The normalized spacial score (nSPS) is 11.0. The van der Waals surface area contributed by atoms with Crippen LogP contribution in [0.5, 0.6) is 17.2 Å². The fourth-order valence-electron chi connectivity index (χ4n) is 6.10. The van der Waals surface area contributed by atoms with Gasteiger partial charge >= 0.3 is 174 Å². The summed E-state index contributed by atoms with van der Waals surface area (Å²) in [6.07, 6.45) is 0.960. The van der Waals surface area contributed by atoms with Crippen molar-refractivity contribution in [2.24, 2.45) is 0 Å². The Morgan fingerprint density at radius 3 is 1.24 bits per heavy atom. The van der Waals surface area contributed by atoms with Crippen molar-refractivity contribution < 1.29 is 14.2 Å². The average Bonchev–Trinajstić information content (AvgIpc) is 3.18. The van der Waals surface area contributed by atoms with Gasteiger partial charge in [-0.05, 0) is 74.6 Å². The molecule has 0 amide bonds. The Kier molecular flexibility index (Phi) is 14.0. The topological polar surface area (TPSA) is 51.8 Å². The zero-order chi connectivity index (χ0) is 35.7. The van der Waals surface area contributed by atoms with Gasteiger partial charge < -0.3 is 20.1 Å². The van der Waals surface area contributed by atoms with E-state index in [0.29, 0.717) is 24.9 Å². The third-order valence-electron chi connectivity index (χ3n) is 8.37. The molecule has 0 heterocycles. The van der Waals surface area contributed by atoms with E-state index in [1.165, 1.54) is 21.5 Å². The number of nitrogens with one attached hydrogen (secondary N) is 2. The van der Waals surface area contributed by atoms with Gasteiger partial charge in [0.2, 0.25) is 0 Å². The van der Waals surface area contributed by atoms with Gasteiger partial charge in [0.1, 0.15) is 11.5 Å². The summed E-state index contributed by atoms with van der Waals surface area (Å²) in [6, 6.07) is 57.0. The van der Waals surface area contributed by atoms with Crippen molar-refractivity contribution in [2.75, 3.05) is 30.5 Å². The van der Waals surface area contributed by atoms with Crippen LogP contribution in [0.25, 0.3) is 0 Å². The van der Waals surface area contributed by atoms with Crippen molar-refractivity contribution in [1.29, 1.82) is 0 Å². The Hall–Kier alpha value is -5.16. The van der Waals surface area contributed by atoms with Gasteiger partial charge in [-0.1, -0.05) is 0 Å². The number of benzene rings is 6. The van der Waals surface area contributed by atoms with Crippen LogP contribution in [0.1, 0.15) is 26.3 Å². The van der Waals surface area contributed by atoms with Crippen LogP contribution in [0.2, 0.25) is 0 Å². The second kappa shape index (κ2) is 19.3. The summed E-state index contributed by atoms with van der Waals surface area (Å²) in [6.45, 7) is 7.96. The molecule has 5 nitrogen and oxygen atoms in total. The summed E-state index contributed by atoms with van der Waals surface area (Å²) in [4.78, 5) is 0. The number of thiocarbonyl (C=S) groups is 1. The van der Waals surface area contributed by atoms with Crippen LogP contribution in [0.3, 0.4) is 0 Å². The third-order valence-corrected chi connectivity index (χ3v) is 13.4. The molecule has 6 aromatic rings. The van der Waals surface area contributed by atoms with Gasteiger partial charge in [-0.2, -0.15) is 0 Å². The van der Waals surface area contributed by atoms with Gasteiger partial charge in [0.05, 0.1) is 13.2 Å². The summed E-state index contributed by atoms with van der Waals surface area (Å²) in [5.74, 6) is 2.69. The second-order valence-corrected chi connectivity index (χ2v) is 16.0. The van der Waals surface area contributed by atoms with Gasteiger partial charge in [-0.15, -0.1) is 0 Å². The monoisotopic (exact) mass is 714 g/mol. The van der Waals surface area contributed by atoms with E-state index in [1.807, 2.05) is 69.3 Å². The van der Waals surface area contributed by atoms with Gasteiger partial charge in [0.15, 0.2) is 5.11 Å². The molecular weight excluding hydrogens is 668 g/mol. The summed E-state index contributed by atoms with van der Waals surface area (Å²) in [5.41, 5.74) is 3.09. The quantitative estimate of drug-likeness (QED) is 0.0919. The predicted octanol–water partition coefficient (Wildman–Crippen LogP) is 9.60. The first-order chi connectivity index (χ1) is 25.0. The number of hydrogen-bond acceptors (Lipinski definition) is 4. The molecule has 0 atom stereocenters. The molecule has 0 aliphatic heterocycles. The molecule has 2 N–H and O–H groups in total. The Bertz CT molecular complexity index is 1760. The maximum atomic E-state index is 6.01. The summed E-state index contributed by atoms with van der Waals surface area (Å²) < 4.78 is 16.8. The summed E-state index contributed by atoms with van der Waals surface area (Å²) in [5, 5.41) is 11.1. The van der Waals surface area contributed by atoms with Crippen LogP contribution in [0, 0.1) is 0 Å². The van der Waals surface area contributed by atoms with E-state index in [1.54, 1.807) is 0 Å². The van der Waals surface area contributed by atoms with E-state index in [2.05, 4.69) is 126 Å². The Morgan fingerprint density at radius 1 is 0.471 bits per heavy atom. The van der Waals surface area contributed by atoms with Crippen molar-refractivity contribution in [2.45, 2.75) is 26.9 Å². The maximum absolute atomic E-state index is 6.01. The number of para-hydroxylation sites is 1. The van der Waals surface area contributed by atoms with Gasteiger partial charge in [-0.25, -0.2) is 0 Å². The molecule has 6 aromatic carbocycles. The first kappa shape index (κ1) is 37.1. The zero-order valence-electron chi connectivity index (χ0n) is 29.5. The van der Waals surface area contributed by atoms with E-state index < -0.39 is 7.26 Å². The number of rotatable bonds is 13. The van der Waals surface area contributed by atoms with E-state index in [0.717, 1.165) is 34.8 Å². The zero-order valence-corrected chi connectivity index (χ0v) is 31.4. The number of ether oxygens (including phenoxy) is 3. The molecule has 0 aliphatic carbocycles. The van der Waals surface area contributed by atoms with Crippen molar-refractivity contribution >= 4 is 51.9 Å². The van der Waals surface area contributed by atoms with Crippen LogP contribution < -0.4 is 40.8 Å². The van der Waals surface area contributed by atoms with Crippen molar-refractivity contribution in [3.05, 3.63) is 169 Å².